The van der Waals surface area contributed by atoms with Crippen LogP contribution >= 0.6 is 0 Å². The Labute approximate surface area is 186 Å². The van der Waals surface area contributed by atoms with E-state index in [1.165, 1.54) is 6.07 Å². The van der Waals surface area contributed by atoms with E-state index in [9.17, 15) is 45.6 Å². The first-order valence-corrected chi connectivity index (χ1v) is 9.92. The lowest BCUT2D eigenvalue weighted by molar-refractivity contribution is -0.318. The molecule has 2 fully saturated rings. The van der Waals surface area contributed by atoms with Crippen molar-refractivity contribution in [2.24, 2.45) is 5.90 Å². The fraction of sp³-hybridized carbons (Fsp3) is 0.632. The molecule has 0 bridgehead atoms. The Morgan fingerprint density at radius 2 is 1.79 bits per heavy atom. The summed E-state index contributed by atoms with van der Waals surface area (Å²) >= 11 is 0. The molecule has 2 aliphatic heterocycles. The Balaban J connectivity index is 1.95. The number of carbonyl (C=O) groups is 1. The van der Waals surface area contributed by atoms with Gasteiger partial charge in [-0.1, -0.05) is 6.07 Å². The van der Waals surface area contributed by atoms with E-state index in [4.69, 9.17) is 20.1 Å². The summed E-state index contributed by atoms with van der Waals surface area (Å²) in [5.74, 6) is 3.12. The van der Waals surface area contributed by atoms with Gasteiger partial charge in [-0.05, 0) is 17.7 Å². The molecule has 1 aromatic carbocycles. The van der Waals surface area contributed by atoms with Crippen molar-refractivity contribution < 1.29 is 64.7 Å². The number of phenols is 1. The minimum atomic E-state index is -1.96. The van der Waals surface area contributed by atoms with E-state index in [1.54, 1.807) is 0 Å². The SMILES string of the molecule is NOC[C@H]1OC(CO)(c2ccc(O)c(C(=O)O)c2)[C@@H](O)[C@@H]1OC1O[C@H](CO)[C@H](O)[C@H](O)[C@H]1O. The standard InChI is InChI=1S/C19H27NO13/c20-30-5-11-15(32-18-14(26)13(25)12(24)10(4-21)31-18)16(27)19(6-22,33-11)7-1-2-9(23)8(3-7)17(28)29/h1-3,10-16,18,21-27H,4-6,20H2,(H,28,29)/t10-,11-,12+,13+,14-,15-,16+,18?,19?/m1/s1. The Morgan fingerprint density at radius 1 is 1.09 bits per heavy atom. The van der Waals surface area contributed by atoms with E-state index >= 15 is 0 Å². The summed E-state index contributed by atoms with van der Waals surface area (Å²) in [6.45, 7) is -1.96. The fourth-order valence-electron chi connectivity index (χ4n) is 4.03. The highest BCUT2D eigenvalue weighted by atomic mass is 16.7. The summed E-state index contributed by atoms with van der Waals surface area (Å²) in [4.78, 5) is 16.0. The smallest absolute Gasteiger partial charge is 0.339 e. The van der Waals surface area contributed by atoms with Crippen LogP contribution in [0.2, 0.25) is 0 Å². The first-order chi connectivity index (χ1) is 15.6. The predicted octanol–water partition coefficient (Wildman–Crippen LogP) is -3.89. The maximum atomic E-state index is 11.4. The summed E-state index contributed by atoms with van der Waals surface area (Å²) < 4.78 is 16.7. The van der Waals surface area contributed by atoms with Gasteiger partial charge in [-0.3, -0.25) is 0 Å². The molecule has 0 amide bonds. The number of benzene rings is 1. The van der Waals surface area contributed by atoms with Gasteiger partial charge in [0.1, 0.15) is 59.6 Å². The highest BCUT2D eigenvalue weighted by Gasteiger charge is 2.58. The molecule has 0 aliphatic carbocycles. The topological polar surface area (TPSA) is 242 Å². The molecule has 1 aromatic rings. The summed E-state index contributed by atoms with van der Waals surface area (Å²) in [6.07, 6.45) is -12.4. The lowest BCUT2D eigenvalue weighted by Crippen LogP contribution is -2.60. The van der Waals surface area contributed by atoms with Crippen molar-refractivity contribution in [3.05, 3.63) is 29.3 Å². The average molecular weight is 477 g/mol. The third kappa shape index (κ3) is 4.55. The second-order valence-electron chi connectivity index (χ2n) is 7.82. The molecule has 33 heavy (non-hydrogen) atoms. The van der Waals surface area contributed by atoms with Crippen LogP contribution in [-0.4, -0.2) is 116 Å². The van der Waals surface area contributed by atoms with E-state index in [2.05, 4.69) is 4.84 Å². The van der Waals surface area contributed by atoms with Gasteiger partial charge in [0.05, 0.1) is 19.8 Å². The molecule has 0 saturated carbocycles. The van der Waals surface area contributed by atoms with Crippen molar-refractivity contribution in [3.8, 4) is 5.75 Å². The lowest BCUT2D eigenvalue weighted by atomic mass is 9.86. The number of ether oxygens (including phenoxy) is 3. The average Bonchev–Trinajstić information content (AvgIpc) is 3.06. The third-order valence-electron chi connectivity index (χ3n) is 5.87. The van der Waals surface area contributed by atoms with Crippen molar-refractivity contribution in [3.63, 3.8) is 0 Å². The van der Waals surface area contributed by atoms with Crippen LogP contribution in [0.4, 0.5) is 0 Å². The molecule has 2 saturated heterocycles. The molecule has 2 unspecified atom stereocenters. The highest BCUT2D eigenvalue weighted by Crippen LogP contribution is 2.43. The number of aliphatic hydroxyl groups is 6. The van der Waals surface area contributed by atoms with Gasteiger partial charge < -0.3 is 59.9 Å². The van der Waals surface area contributed by atoms with Gasteiger partial charge in [0.2, 0.25) is 0 Å². The Kier molecular flexibility index (Phi) is 7.87. The summed E-state index contributed by atoms with van der Waals surface area (Å²) in [5, 5.41) is 79.8. The summed E-state index contributed by atoms with van der Waals surface area (Å²) in [5.41, 5.74) is -2.49. The number of rotatable bonds is 8. The molecule has 0 spiro atoms. The molecule has 2 heterocycles. The second kappa shape index (κ2) is 10.1. The van der Waals surface area contributed by atoms with E-state index in [0.717, 1.165) is 12.1 Å². The van der Waals surface area contributed by atoms with Gasteiger partial charge in [-0.25, -0.2) is 10.7 Å². The zero-order valence-corrected chi connectivity index (χ0v) is 17.2. The number of aromatic carboxylic acids is 1. The number of carboxylic acid groups (broad SMARTS) is 1. The Bertz CT molecular complexity index is 838. The highest BCUT2D eigenvalue weighted by molar-refractivity contribution is 5.91. The van der Waals surface area contributed by atoms with Crippen LogP contribution < -0.4 is 5.90 Å². The molecule has 10 N–H and O–H groups in total. The molecule has 186 valence electrons. The maximum Gasteiger partial charge on any atom is 0.339 e. The molecule has 9 atom stereocenters. The van der Waals surface area contributed by atoms with Crippen LogP contribution in [0.25, 0.3) is 0 Å². The van der Waals surface area contributed by atoms with Gasteiger partial charge >= 0.3 is 5.97 Å². The number of hydrogen-bond donors (Lipinski definition) is 9. The molecule has 14 nitrogen and oxygen atoms in total. The molecule has 2 aliphatic rings. The van der Waals surface area contributed by atoms with Gasteiger partial charge in [-0.15, -0.1) is 0 Å². The van der Waals surface area contributed by atoms with E-state index in [1.807, 2.05) is 0 Å². The van der Waals surface area contributed by atoms with Crippen LogP contribution in [0.15, 0.2) is 18.2 Å². The van der Waals surface area contributed by atoms with Crippen molar-refractivity contribution in [2.75, 3.05) is 19.8 Å². The molecule has 3 rings (SSSR count). The van der Waals surface area contributed by atoms with E-state index < -0.39 is 85.1 Å². The van der Waals surface area contributed by atoms with Crippen molar-refractivity contribution in [2.45, 2.75) is 54.6 Å². The fourth-order valence-corrected chi connectivity index (χ4v) is 4.03. The van der Waals surface area contributed by atoms with Gasteiger partial charge in [0.25, 0.3) is 0 Å². The lowest BCUT2D eigenvalue weighted by Gasteiger charge is -2.41. The molecule has 0 radical (unpaired) electrons. The number of carboxylic acids is 1. The van der Waals surface area contributed by atoms with Crippen LogP contribution in [-0.2, 0) is 24.6 Å². The molecule has 0 aromatic heterocycles. The van der Waals surface area contributed by atoms with Crippen molar-refractivity contribution in [1.29, 1.82) is 0 Å². The largest absolute Gasteiger partial charge is 0.507 e. The van der Waals surface area contributed by atoms with E-state index in [0.29, 0.717) is 0 Å². The van der Waals surface area contributed by atoms with Crippen LogP contribution in [0.5, 0.6) is 5.75 Å². The van der Waals surface area contributed by atoms with Gasteiger partial charge in [0, 0.05) is 0 Å². The normalized spacial score (nSPS) is 39.0. The zero-order chi connectivity index (χ0) is 24.5. The van der Waals surface area contributed by atoms with Crippen molar-refractivity contribution >= 4 is 5.97 Å². The van der Waals surface area contributed by atoms with Gasteiger partial charge in [0.15, 0.2) is 6.29 Å². The predicted molar refractivity (Wildman–Crippen MR) is 103 cm³/mol. The Hall–Kier alpha value is -1.95. The first-order valence-electron chi connectivity index (χ1n) is 9.92. The van der Waals surface area contributed by atoms with Crippen LogP contribution in [0.3, 0.4) is 0 Å². The maximum absolute atomic E-state index is 11.4. The molecule has 14 heteroatoms. The quantitative estimate of drug-likeness (QED) is 0.163. The first kappa shape index (κ1) is 25.7. The summed E-state index contributed by atoms with van der Waals surface area (Å²) in [7, 11) is 0. The Morgan fingerprint density at radius 3 is 2.36 bits per heavy atom. The van der Waals surface area contributed by atoms with Crippen LogP contribution in [0.1, 0.15) is 15.9 Å². The van der Waals surface area contributed by atoms with Gasteiger partial charge in [-0.2, -0.15) is 0 Å². The number of nitrogens with two attached hydrogens (primary N) is 1. The number of hydrogen-bond acceptors (Lipinski definition) is 13. The monoisotopic (exact) mass is 477 g/mol. The number of aromatic hydroxyl groups is 1. The minimum Gasteiger partial charge on any atom is -0.507 e. The zero-order valence-electron chi connectivity index (χ0n) is 17.2. The second-order valence-corrected chi connectivity index (χ2v) is 7.82. The third-order valence-corrected chi connectivity index (χ3v) is 5.87. The van der Waals surface area contributed by atoms with Crippen molar-refractivity contribution in [1.82, 2.24) is 0 Å². The van der Waals surface area contributed by atoms with E-state index in [-0.39, 0.29) is 12.2 Å². The minimum absolute atomic E-state index is 0.0189. The molecular formula is C19H27NO13. The molecular weight excluding hydrogens is 450 g/mol. The van der Waals surface area contributed by atoms with Crippen LogP contribution in [0, 0.1) is 0 Å². The summed E-state index contributed by atoms with van der Waals surface area (Å²) in [6, 6.07) is 3.29. The number of aliphatic hydroxyl groups excluding tert-OH is 6.